The first-order valence-corrected chi connectivity index (χ1v) is 10.4. The second-order valence-corrected chi connectivity index (χ2v) is 8.20. The summed E-state index contributed by atoms with van der Waals surface area (Å²) >= 11 is 0. The second kappa shape index (κ2) is 9.62. The molecule has 1 unspecified atom stereocenters. The predicted octanol–water partition coefficient (Wildman–Crippen LogP) is 3.03. The fourth-order valence-corrected chi connectivity index (χ4v) is 4.05. The molecule has 2 fully saturated rings. The molecule has 3 N–H and O–H groups in total. The van der Waals surface area contributed by atoms with Crippen LogP contribution in [0.25, 0.3) is 0 Å². The van der Waals surface area contributed by atoms with Gasteiger partial charge >= 0.3 is 0 Å². The van der Waals surface area contributed by atoms with Gasteiger partial charge in [-0.1, -0.05) is 35.5 Å². The molecule has 2 atom stereocenters. The third kappa shape index (κ3) is 5.02. The standard InChI is InChI=1S/C22H28N4O3.ClH/c1-14(23)22(28)26-11-9-17(10-12-26)20(16-5-3-2-4-6-16)24-21(27)18-13-19(29-25-18)15-7-8-15;/h2-6,13-15,17,20H,7-12,23H2,1H3,(H,24,27);1H/t14?,20-;/m1./s1. The van der Waals surface area contributed by atoms with Gasteiger partial charge in [-0.3, -0.25) is 9.59 Å². The van der Waals surface area contributed by atoms with E-state index >= 15 is 0 Å². The number of rotatable bonds is 6. The topological polar surface area (TPSA) is 101 Å². The first-order chi connectivity index (χ1) is 14.0. The molecule has 2 aliphatic rings. The van der Waals surface area contributed by atoms with Crippen molar-refractivity contribution in [1.29, 1.82) is 0 Å². The summed E-state index contributed by atoms with van der Waals surface area (Å²) in [5.74, 6) is 1.21. The Labute approximate surface area is 182 Å². The summed E-state index contributed by atoms with van der Waals surface area (Å²) in [5.41, 5.74) is 7.14. The molecular weight excluding hydrogens is 404 g/mol. The number of nitrogens with one attached hydrogen (secondary N) is 1. The molecule has 2 heterocycles. The maximum Gasteiger partial charge on any atom is 0.273 e. The summed E-state index contributed by atoms with van der Waals surface area (Å²) < 4.78 is 5.34. The van der Waals surface area contributed by atoms with E-state index in [-0.39, 0.29) is 36.2 Å². The molecule has 0 radical (unpaired) electrons. The number of hydrogen-bond donors (Lipinski definition) is 2. The molecule has 1 saturated heterocycles. The number of hydrogen-bond acceptors (Lipinski definition) is 5. The minimum atomic E-state index is -0.482. The zero-order chi connectivity index (χ0) is 20.4. The van der Waals surface area contributed by atoms with E-state index < -0.39 is 6.04 Å². The quantitative estimate of drug-likeness (QED) is 0.730. The number of carbonyl (C=O) groups excluding carboxylic acids is 2. The summed E-state index contributed by atoms with van der Waals surface area (Å²) in [6, 6.07) is 11.1. The van der Waals surface area contributed by atoms with E-state index in [1.54, 1.807) is 13.0 Å². The molecule has 30 heavy (non-hydrogen) atoms. The van der Waals surface area contributed by atoms with Gasteiger partial charge in [0.15, 0.2) is 5.69 Å². The van der Waals surface area contributed by atoms with Gasteiger partial charge in [-0.15, -0.1) is 12.4 Å². The monoisotopic (exact) mass is 432 g/mol. The largest absolute Gasteiger partial charge is 0.360 e. The van der Waals surface area contributed by atoms with Crippen molar-refractivity contribution in [1.82, 2.24) is 15.4 Å². The van der Waals surface area contributed by atoms with Crippen molar-refractivity contribution < 1.29 is 14.1 Å². The fraction of sp³-hybridized carbons (Fsp3) is 0.500. The third-order valence-corrected chi connectivity index (χ3v) is 5.90. The van der Waals surface area contributed by atoms with E-state index in [0.717, 1.165) is 37.0 Å². The normalized spacial score (nSPS) is 18.9. The van der Waals surface area contributed by atoms with E-state index in [2.05, 4.69) is 10.5 Å². The number of likely N-dealkylation sites (tertiary alicyclic amines) is 1. The molecule has 1 aromatic heterocycles. The molecule has 162 valence electrons. The van der Waals surface area contributed by atoms with Gasteiger partial charge in [0.05, 0.1) is 12.1 Å². The molecule has 1 aliphatic heterocycles. The van der Waals surface area contributed by atoms with Crippen LogP contribution in [0, 0.1) is 5.92 Å². The Morgan fingerprint density at radius 2 is 1.83 bits per heavy atom. The zero-order valence-electron chi connectivity index (χ0n) is 17.1. The summed E-state index contributed by atoms with van der Waals surface area (Å²) in [6.45, 7) is 3.02. The Balaban J connectivity index is 0.00000256. The molecule has 2 amide bonds. The van der Waals surface area contributed by atoms with E-state index in [4.69, 9.17) is 10.3 Å². The predicted molar refractivity (Wildman–Crippen MR) is 115 cm³/mol. The molecule has 8 heteroatoms. The number of nitrogens with zero attached hydrogens (tertiary/aromatic N) is 2. The van der Waals surface area contributed by atoms with Gasteiger partial charge in [-0.05, 0) is 44.1 Å². The van der Waals surface area contributed by atoms with Gasteiger partial charge in [0.1, 0.15) is 5.76 Å². The molecule has 2 aromatic rings. The van der Waals surface area contributed by atoms with Crippen molar-refractivity contribution in [2.75, 3.05) is 13.1 Å². The fourth-order valence-electron chi connectivity index (χ4n) is 4.05. The number of nitrogens with two attached hydrogens (primary N) is 1. The highest BCUT2D eigenvalue weighted by Gasteiger charge is 2.33. The van der Waals surface area contributed by atoms with Crippen molar-refractivity contribution in [2.24, 2.45) is 11.7 Å². The number of benzene rings is 1. The highest BCUT2D eigenvalue weighted by molar-refractivity contribution is 5.92. The lowest BCUT2D eigenvalue weighted by atomic mass is 9.85. The minimum absolute atomic E-state index is 0. The summed E-state index contributed by atoms with van der Waals surface area (Å²) in [4.78, 5) is 26.9. The van der Waals surface area contributed by atoms with Crippen molar-refractivity contribution in [3.05, 3.63) is 53.4 Å². The van der Waals surface area contributed by atoms with E-state index in [1.165, 1.54) is 0 Å². The second-order valence-electron chi connectivity index (χ2n) is 8.20. The zero-order valence-corrected chi connectivity index (χ0v) is 17.9. The highest BCUT2D eigenvalue weighted by atomic mass is 35.5. The summed E-state index contributed by atoms with van der Waals surface area (Å²) in [5, 5.41) is 7.14. The summed E-state index contributed by atoms with van der Waals surface area (Å²) in [6.07, 6.45) is 3.82. The van der Waals surface area contributed by atoms with Crippen LogP contribution in [-0.4, -0.2) is 41.0 Å². The van der Waals surface area contributed by atoms with Gasteiger partial charge in [0.25, 0.3) is 5.91 Å². The molecule has 0 spiro atoms. The molecule has 7 nitrogen and oxygen atoms in total. The van der Waals surface area contributed by atoms with Crippen LogP contribution in [0.3, 0.4) is 0 Å². The van der Waals surface area contributed by atoms with Gasteiger partial charge in [0, 0.05) is 25.1 Å². The lowest BCUT2D eigenvalue weighted by molar-refractivity contribution is -0.133. The maximum atomic E-state index is 12.9. The number of aromatic nitrogens is 1. The van der Waals surface area contributed by atoms with Gasteiger partial charge < -0.3 is 20.5 Å². The minimum Gasteiger partial charge on any atom is -0.360 e. The van der Waals surface area contributed by atoms with E-state index in [0.29, 0.717) is 24.7 Å². The Kier molecular flexibility index (Phi) is 7.15. The van der Waals surface area contributed by atoms with Gasteiger partial charge in [-0.2, -0.15) is 0 Å². The van der Waals surface area contributed by atoms with Gasteiger partial charge in [0.2, 0.25) is 5.91 Å². The van der Waals surface area contributed by atoms with Crippen LogP contribution < -0.4 is 11.1 Å². The Morgan fingerprint density at radius 3 is 2.43 bits per heavy atom. The SMILES string of the molecule is CC(N)C(=O)N1CCC([C@H](NC(=O)c2cc(C3CC3)on2)c2ccccc2)CC1.Cl. The average Bonchev–Trinajstić information content (AvgIpc) is 3.48. The first kappa shape index (κ1) is 22.3. The molecule has 0 bridgehead atoms. The molecule has 1 aromatic carbocycles. The Bertz CT molecular complexity index is 858. The van der Waals surface area contributed by atoms with Crippen molar-refractivity contribution in [3.8, 4) is 0 Å². The van der Waals surface area contributed by atoms with Crippen molar-refractivity contribution in [3.63, 3.8) is 0 Å². The molecule has 4 rings (SSSR count). The highest BCUT2D eigenvalue weighted by Crippen LogP contribution is 2.40. The Morgan fingerprint density at radius 1 is 1.17 bits per heavy atom. The summed E-state index contributed by atoms with van der Waals surface area (Å²) in [7, 11) is 0. The van der Waals surface area contributed by atoms with Crippen LogP contribution in [0.4, 0.5) is 0 Å². The number of halogens is 1. The molecule has 1 aliphatic carbocycles. The lowest BCUT2D eigenvalue weighted by Crippen LogP contribution is -2.47. The van der Waals surface area contributed by atoms with E-state index in [9.17, 15) is 9.59 Å². The van der Waals surface area contributed by atoms with Crippen molar-refractivity contribution >= 4 is 24.2 Å². The van der Waals surface area contributed by atoms with Crippen LogP contribution in [-0.2, 0) is 4.79 Å². The maximum absolute atomic E-state index is 12.9. The van der Waals surface area contributed by atoms with Gasteiger partial charge in [-0.25, -0.2) is 0 Å². The van der Waals surface area contributed by atoms with Crippen LogP contribution in [0.5, 0.6) is 0 Å². The first-order valence-electron chi connectivity index (χ1n) is 10.4. The van der Waals surface area contributed by atoms with Crippen LogP contribution in [0.15, 0.2) is 40.9 Å². The van der Waals surface area contributed by atoms with Crippen LogP contribution in [0.1, 0.15) is 66.4 Å². The molecular formula is C22H29ClN4O3. The van der Waals surface area contributed by atoms with Crippen LogP contribution in [0.2, 0.25) is 0 Å². The number of carbonyl (C=O) groups is 2. The lowest BCUT2D eigenvalue weighted by Gasteiger charge is -2.37. The van der Waals surface area contributed by atoms with Crippen molar-refractivity contribution in [2.45, 2.75) is 50.6 Å². The number of piperidine rings is 1. The number of amides is 2. The van der Waals surface area contributed by atoms with E-state index in [1.807, 2.05) is 35.2 Å². The third-order valence-electron chi connectivity index (χ3n) is 5.90. The van der Waals surface area contributed by atoms with Crippen LogP contribution >= 0.6 is 12.4 Å². The Hall–Kier alpha value is -2.38. The smallest absolute Gasteiger partial charge is 0.273 e. The average molecular weight is 433 g/mol. The molecule has 1 saturated carbocycles.